The molecule has 0 aromatic carbocycles. The van der Waals surface area contributed by atoms with Crippen molar-refractivity contribution in [3.63, 3.8) is 0 Å². The van der Waals surface area contributed by atoms with Crippen molar-refractivity contribution >= 4 is 5.82 Å². The van der Waals surface area contributed by atoms with Gasteiger partial charge < -0.3 is 15.2 Å². The number of alkyl halides is 3. The molecule has 0 amide bonds. The van der Waals surface area contributed by atoms with Gasteiger partial charge in [0.15, 0.2) is 0 Å². The minimum Gasteiger partial charge on any atom is -0.474 e. The summed E-state index contributed by atoms with van der Waals surface area (Å²) < 4.78 is 48.8. The Labute approximate surface area is 115 Å². The number of hydrogen-bond acceptors (Lipinski definition) is 4. The van der Waals surface area contributed by atoms with Crippen LogP contribution in [0, 0.1) is 0 Å². The van der Waals surface area contributed by atoms with Crippen LogP contribution >= 0.6 is 0 Å². The quantitative estimate of drug-likeness (QED) is 0.929. The molecule has 0 radical (unpaired) electrons. The van der Waals surface area contributed by atoms with Crippen LogP contribution in [0.2, 0.25) is 0 Å². The number of hydrogen-bond donors (Lipinski definition) is 1. The van der Waals surface area contributed by atoms with Gasteiger partial charge in [-0.3, -0.25) is 0 Å². The fraction of sp³-hybridized carbons (Fsp3) is 0.615. The maximum Gasteiger partial charge on any atom is 0.416 e. The van der Waals surface area contributed by atoms with Crippen LogP contribution in [0.4, 0.5) is 19.0 Å². The van der Waals surface area contributed by atoms with Crippen LogP contribution in [0.25, 0.3) is 0 Å². The predicted molar refractivity (Wildman–Crippen MR) is 67.3 cm³/mol. The Morgan fingerprint density at radius 2 is 1.95 bits per heavy atom. The number of halogens is 3. The van der Waals surface area contributed by atoms with Gasteiger partial charge in [0.25, 0.3) is 0 Å². The van der Waals surface area contributed by atoms with Crippen molar-refractivity contribution in [1.29, 1.82) is 0 Å². The van der Waals surface area contributed by atoms with Gasteiger partial charge in [-0.25, -0.2) is 0 Å². The molecule has 7 heteroatoms. The van der Waals surface area contributed by atoms with E-state index in [0.717, 1.165) is 31.4 Å². The summed E-state index contributed by atoms with van der Waals surface area (Å²) in [6.07, 6.45) is -1.30. The van der Waals surface area contributed by atoms with Crippen molar-refractivity contribution in [2.45, 2.75) is 44.1 Å². The number of nitrogen functional groups attached to an aromatic ring is 1. The molecule has 0 saturated heterocycles. The molecule has 2 N–H and O–H groups in total. The molecule has 2 unspecified atom stereocenters. The third-order valence-corrected chi connectivity index (χ3v) is 3.35. The number of methoxy groups -OCH3 is 1. The lowest BCUT2D eigenvalue weighted by Gasteiger charge is -2.28. The molecule has 4 nitrogen and oxygen atoms in total. The summed E-state index contributed by atoms with van der Waals surface area (Å²) in [5.74, 6) is -0.284. The predicted octanol–water partition coefficient (Wildman–Crippen LogP) is 3.02. The lowest BCUT2D eigenvalue weighted by molar-refractivity contribution is -0.137. The monoisotopic (exact) mass is 290 g/mol. The van der Waals surface area contributed by atoms with Gasteiger partial charge in [0.1, 0.15) is 11.9 Å². The largest absolute Gasteiger partial charge is 0.474 e. The summed E-state index contributed by atoms with van der Waals surface area (Å²) in [6, 6.07) is 1.68. The number of aromatic nitrogens is 1. The van der Waals surface area contributed by atoms with Crippen molar-refractivity contribution in [2.75, 3.05) is 12.8 Å². The van der Waals surface area contributed by atoms with E-state index < -0.39 is 11.7 Å². The molecule has 20 heavy (non-hydrogen) atoms. The Kier molecular flexibility index (Phi) is 4.37. The van der Waals surface area contributed by atoms with Crippen LogP contribution in [0.15, 0.2) is 12.1 Å². The highest BCUT2D eigenvalue weighted by Crippen LogP contribution is 2.33. The van der Waals surface area contributed by atoms with Gasteiger partial charge in [0, 0.05) is 19.6 Å². The molecule has 1 aromatic heterocycles. The highest BCUT2D eigenvalue weighted by Gasteiger charge is 2.32. The number of pyridine rings is 1. The Balaban J connectivity index is 2.11. The molecule has 112 valence electrons. The van der Waals surface area contributed by atoms with Crippen LogP contribution in [0.1, 0.15) is 31.2 Å². The molecular formula is C13H17F3N2O2. The smallest absolute Gasteiger partial charge is 0.416 e. The molecule has 1 fully saturated rings. The maximum atomic E-state index is 12.7. The molecule has 2 atom stereocenters. The second kappa shape index (κ2) is 5.87. The van der Waals surface area contributed by atoms with Crippen molar-refractivity contribution in [2.24, 2.45) is 0 Å². The molecule has 0 spiro atoms. The first-order chi connectivity index (χ1) is 9.38. The van der Waals surface area contributed by atoms with Crippen molar-refractivity contribution in [1.82, 2.24) is 4.98 Å². The second-order valence-corrected chi connectivity index (χ2v) is 4.88. The van der Waals surface area contributed by atoms with E-state index in [0.29, 0.717) is 6.42 Å². The second-order valence-electron chi connectivity index (χ2n) is 4.88. The fourth-order valence-corrected chi connectivity index (χ4v) is 2.34. The Bertz CT molecular complexity index is 465. The highest BCUT2D eigenvalue weighted by atomic mass is 19.4. The molecule has 1 heterocycles. The number of anilines is 1. The zero-order valence-corrected chi connectivity index (χ0v) is 11.1. The van der Waals surface area contributed by atoms with E-state index in [4.69, 9.17) is 15.2 Å². The first-order valence-corrected chi connectivity index (χ1v) is 6.42. The first kappa shape index (κ1) is 14.9. The van der Waals surface area contributed by atoms with E-state index in [2.05, 4.69) is 4.98 Å². The minimum absolute atomic E-state index is 0.0805. The van der Waals surface area contributed by atoms with E-state index in [1.807, 2.05) is 0 Å². The summed E-state index contributed by atoms with van der Waals surface area (Å²) in [6.45, 7) is 0. The summed E-state index contributed by atoms with van der Waals surface area (Å²) in [5, 5.41) is 0. The summed E-state index contributed by atoms with van der Waals surface area (Å²) in [4.78, 5) is 3.81. The summed E-state index contributed by atoms with van der Waals surface area (Å²) in [5.41, 5.74) is 4.55. The molecular weight excluding hydrogens is 273 g/mol. The lowest BCUT2D eigenvalue weighted by Crippen LogP contribution is -2.29. The van der Waals surface area contributed by atoms with Crippen LogP contribution in [0.3, 0.4) is 0 Å². The number of rotatable bonds is 3. The van der Waals surface area contributed by atoms with Crippen LogP contribution < -0.4 is 10.5 Å². The van der Waals surface area contributed by atoms with Gasteiger partial charge in [-0.05, 0) is 25.3 Å². The average molecular weight is 290 g/mol. The summed E-state index contributed by atoms with van der Waals surface area (Å²) in [7, 11) is 1.62. The number of nitrogens with zero attached hydrogens (tertiary/aromatic N) is 1. The van der Waals surface area contributed by atoms with Gasteiger partial charge in [0.05, 0.1) is 11.7 Å². The van der Waals surface area contributed by atoms with Gasteiger partial charge in [-0.15, -0.1) is 0 Å². The first-order valence-electron chi connectivity index (χ1n) is 6.42. The van der Waals surface area contributed by atoms with Crippen LogP contribution in [-0.4, -0.2) is 24.3 Å². The topological polar surface area (TPSA) is 57.4 Å². The Morgan fingerprint density at radius 1 is 1.25 bits per heavy atom. The zero-order chi connectivity index (χ0) is 14.8. The van der Waals surface area contributed by atoms with E-state index in [-0.39, 0.29) is 23.9 Å². The van der Waals surface area contributed by atoms with Crippen LogP contribution in [0.5, 0.6) is 5.88 Å². The molecule has 1 aliphatic rings. The Morgan fingerprint density at radius 3 is 2.60 bits per heavy atom. The fourth-order valence-electron chi connectivity index (χ4n) is 2.34. The molecule has 2 rings (SSSR count). The van der Waals surface area contributed by atoms with Crippen molar-refractivity contribution < 1.29 is 22.6 Å². The third kappa shape index (κ3) is 3.75. The van der Waals surface area contributed by atoms with Gasteiger partial charge in [-0.1, -0.05) is 0 Å². The Hall–Kier alpha value is -1.50. The molecule has 1 aromatic rings. The minimum atomic E-state index is -4.46. The maximum absolute atomic E-state index is 12.7. The third-order valence-electron chi connectivity index (χ3n) is 3.35. The number of ether oxygens (including phenoxy) is 2. The van der Waals surface area contributed by atoms with Gasteiger partial charge in [0.2, 0.25) is 5.88 Å². The van der Waals surface area contributed by atoms with Crippen molar-refractivity contribution in [3.8, 4) is 5.88 Å². The highest BCUT2D eigenvalue weighted by molar-refractivity contribution is 5.38. The number of nitrogens with two attached hydrogens (primary N) is 1. The molecule has 1 aliphatic carbocycles. The standard InChI is InChI=1S/C13H17F3N2O2/c1-19-9-3-2-4-10(7-9)20-12-6-8(13(14,15)16)5-11(17)18-12/h5-6,9-10H,2-4,7H2,1H3,(H2,17,18). The average Bonchev–Trinajstić information content (AvgIpc) is 2.37. The van der Waals surface area contributed by atoms with Gasteiger partial charge >= 0.3 is 6.18 Å². The van der Waals surface area contributed by atoms with E-state index in [9.17, 15) is 13.2 Å². The zero-order valence-electron chi connectivity index (χ0n) is 11.1. The lowest BCUT2D eigenvalue weighted by atomic mass is 9.95. The summed E-state index contributed by atoms with van der Waals surface area (Å²) >= 11 is 0. The molecule has 0 bridgehead atoms. The molecule has 0 aliphatic heterocycles. The van der Waals surface area contributed by atoms with Crippen LogP contribution in [-0.2, 0) is 10.9 Å². The molecule has 1 saturated carbocycles. The van der Waals surface area contributed by atoms with E-state index >= 15 is 0 Å². The van der Waals surface area contributed by atoms with Gasteiger partial charge in [-0.2, -0.15) is 18.2 Å². The van der Waals surface area contributed by atoms with E-state index in [1.54, 1.807) is 7.11 Å². The van der Waals surface area contributed by atoms with Crippen molar-refractivity contribution in [3.05, 3.63) is 17.7 Å². The van der Waals surface area contributed by atoms with E-state index in [1.165, 1.54) is 0 Å². The SMILES string of the molecule is COC1CCCC(Oc2cc(C(F)(F)F)cc(N)n2)C1. The normalized spacial score (nSPS) is 23.6.